The van der Waals surface area contributed by atoms with Crippen molar-refractivity contribution in [1.82, 2.24) is 4.31 Å². The minimum Gasteiger partial charge on any atom is -0.395 e. The van der Waals surface area contributed by atoms with Crippen molar-refractivity contribution in [3.8, 4) is 0 Å². The number of hydrogen-bond acceptors (Lipinski definition) is 3. The Hall–Kier alpha value is -1.38. The predicted octanol–water partition coefficient (Wildman–Crippen LogP) is 2.18. The van der Waals surface area contributed by atoms with E-state index in [1.807, 2.05) is 0 Å². The maximum Gasteiger partial charge on any atom is 0.416 e. The molecule has 21 heavy (non-hydrogen) atoms. The average Bonchev–Trinajstić information content (AvgIpc) is 2.37. The summed E-state index contributed by atoms with van der Waals surface area (Å²) in [5.74, 6) is 0. The van der Waals surface area contributed by atoms with E-state index in [1.54, 1.807) is 0 Å². The lowest BCUT2D eigenvalue weighted by Crippen LogP contribution is -2.34. The van der Waals surface area contributed by atoms with E-state index in [9.17, 15) is 21.6 Å². The molecule has 0 heterocycles. The van der Waals surface area contributed by atoms with E-state index in [2.05, 4.69) is 6.58 Å². The molecule has 8 heteroatoms. The molecule has 1 aromatic rings. The van der Waals surface area contributed by atoms with E-state index >= 15 is 0 Å². The van der Waals surface area contributed by atoms with Crippen molar-refractivity contribution in [2.24, 2.45) is 0 Å². The van der Waals surface area contributed by atoms with Gasteiger partial charge in [0.25, 0.3) is 0 Å². The molecule has 0 radical (unpaired) electrons. The lowest BCUT2D eigenvalue weighted by Gasteiger charge is -2.21. The fourth-order valence-corrected chi connectivity index (χ4v) is 3.41. The van der Waals surface area contributed by atoms with Gasteiger partial charge in [-0.1, -0.05) is 12.1 Å². The molecule has 0 amide bonds. The molecule has 0 atom stereocenters. The summed E-state index contributed by atoms with van der Waals surface area (Å²) in [7, 11) is -4.14. The number of halogens is 3. The van der Waals surface area contributed by atoms with Crippen LogP contribution in [0.1, 0.15) is 11.1 Å². The summed E-state index contributed by atoms with van der Waals surface area (Å²) in [5.41, 5.74) is -0.829. The largest absolute Gasteiger partial charge is 0.416 e. The van der Waals surface area contributed by atoms with Crippen molar-refractivity contribution in [2.45, 2.75) is 18.0 Å². The van der Waals surface area contributed by atoms with Gasteiger partial charge in [-0.25, -0.2) is 8.42 Å². The molecular formula is C13H16F3NO3S. The second-order valence-corrected chi connectivity index (χ2v) is 6.26. The number of sulfonamides is 1. The summed E-state index contributed by atoms with van der Waals surface area (Å²) in [6, 6.07) is 2.55. The maximum absolute atomic E-state index is 12.7. The number of aryl methyl sites for hydroxylation is 1. The van der Waals surface area contributed by atoms with Gasteiger partial charge in [-0.3, -0.25) is 0 Å². The highest BCUT2D eigenvalue weighted by Crippen LogP contribution is 2.32. The molecule has 0 aliphatic carbocycles. The molecule has 0 saturated carbocycles. The van der Waals surface area contributed by atoms with Gasteiger partial charge in [0, 0.05) is 13.1 Å². The molecule has 0 fully saturated rings. The zero-order chi connectivity index (χ0) is 16.3. The maximum atomic E-state index is 12.7. The van der Waals surface area contributed by atoms with Gasteiger partial charge >= 0.3 is 6.18 Å². The molecule has 1 rings (SSSR count). The first-order chi connectivity index (χ1) is 9.64. The summed E-state index contributed by atoms with van der Waals surface area (Å²) in [6.45, 7) is 4.06. The molecule has 0 aromatic heterocycles. The number of alkyl halides is 3. The lowest BCUT2D eigenvalue weighted by molar-refractivity contribution is -0.137. The normalized spacial score (nSPS) is 12.7. The third-order valence-electron chi connectivity index (χ3n) is 2.82. The van der Waals surface area contributed by atoms with Crippen LogP contribution in [0.4, 0.5) is 13.2 Å². The summed E-state index contributed by atoms with van der Waals surface area (Å²) < 4.78 is 63.9. The van der Waals surface area contributed by atoms with E-state index in [0.717, 1.165) is 16.4 Å². The second-order valence-electron chi connectivity index (χ2n) is 4.35. The number of benzene rings is 1. The van der Waals surface area contributed by atoms with Gasteiger partial charge in [-0.15, -0.1) is 6.58 Å². The monoisotopic (exact) mass is 323 g/mol. The van der Waals surface area contributed by atoms with E-state index in [-0.39, 0.29) is 18.7 Å². The molecular weight excluding hydrogens is 307 g/mol. The molecule has 0 spiro atoms. The van der Waals surface area contributed by atoms with Crippen LogP contribution in [-0.2, 0) is 16.2 Å². The van der Waals surface area contributed by atoms with Crippen LogP contribution >= 0.6 is 0 Å². The van der Waals surface area contributed by atoms with Crippen LogP contribution in [0.2, 0.25) is 0 Å². The van der Waals surface area contributed by atoms with Crippen molar-refractivity contribution < 1.29 is 26.7 Å². The highest BCUT2D eigenvalue weighted by atomic mass is 32.2. The zero-order valence-corrected chi connectivity index (χ0v) is 12.2. The molecule has 1 aromatic carbocycles. The first kappa shape index (κ1) is 17.7. The van der Waals surface area contributed by atoms with Crippen molar-refractivity contribution in [2.75, 3.05) is 19.7 Å². The van der Waals surface area contributed by atoms with Gasteiger partial charge < -0.3 is 5.11 Å². The molecule has 0 aliphatic rings. The lowest BCUT2D eigenvalue weighted by atomic mass is 10.1. The van der Waals surface area contributed by atoms with Crippen LogP contribution < -0.4 is 0 Å². The van der Waals surface area contributed by atoms with Gasteiger partial charge in [0.2, 0.25) is 10.0 Å². The smallest absolute Gasteiger partial charge is 0.395 e. The van der Waals surface area contributed by atoms with E-state index in [1.165, 1.54) is 13.0 Å². The fraction of sp³-hybridized carbons (Fsp3) is 0.385. The Morgan fingerprint density at radius 3 is 2.48 bits per heavy atom. The second kappa shape index (κ2) is 6.59. The Balaban J connectivity index is 3.38. The van der Waals surface area contributed by atoms with E-state index in [4.69, 9.17) is 5.11 Å². The minimum atomic E-state index is -4.63. The van der Waals surface area contributed by atoms with E-state index in [0.29, 0.717) is 6.07 Å². The quantitative estimate of drug-likeness (QED) is 0.817. The number of hydrogen-bond donors (Lipinski definition) is 1. The Labute approximate surface area is 121 Å². The summed E-state index contributed by atoms with van der Waals surface area (Å²) in [4.78, 5) is -0.423. The van der Waals surface area contributed by atoms with Crippen molar-refractivity contribution in [1.29, 1.82) is 0 Å². The highest BCUT2D eigenvalue weighted by molar-refractivity contribution is 7.89. The van der Waals surface area contributed by atoms with E-state index < -0.39 is 33.3 Å². The van der Waals surface area contributed by atoms with Crippen LogP contribution in [0.5, 0.6) is 0 Å². The SMILES string of the molecule is C=CCN(CCO)S(=O)(=O)c1cc(C(F)(F)F)ccc1C. The zero-order valence-electron chi connectivity index (χ0n) is 11.4. The third kappa shape index (κ3) is 4.05. The van der Waals surface area contributed by atoms with Gasteiger partial charge in [0.05, 0.1) is 17.1 Å². The van der Waals surface area contributed by atoms with Crippen LogP contribution in [0, 0.1) is 6.92 Å². The Morgan fingerprint density at radius 1 is 1.38 bits per heavy atom. The summed E-state index contributed by atoms with van der Waals surface area (Å²) >= 11 is 0. The third-order valence-corrected chi connectivity index (χ3v) is 4.82. The number of aliphatic hydroxyl groups excluding tert-OH is 1. The van der Waals surface area contributed by atoms with Crippen molar-refractivity contribution >= 4 is 10.0 Å². The Morgan fingerprint density at radius 2 is 2.00 bits per heavy atom. The molecule has 4 nitrogen and oxygen atoms in total. The fourth-order valence-electron chi connectivity index (χ4n) is 1.76. The number of nitrogens with zero attached hydrogens (tertiary/aromatic N) is 1. The van der Waals surface area contributed by atoms with Crippen LogP contribution in [0.3, 0.4) is 0 Å². The average molecular weight is 323 g/mol. The van der Waals surface area contributed by atoms with Crippen molar-refractivity contribution in [3.05, 3.63) is 42.0 Å². The van der Waals surface area contributed by atoms with Crippen molar-refractivity contribution in [3.63, 3.8) is 0 Å². The first-order valence-corrected chi connectivity index (χ1v) is 7.48. The van der Waals surface area contributed by atoms with Gasteiger partial charge in [0.15, 0.2) is 0 Å². The molecule has 0 unspecified atom stereocenters. The van der Waals surface area contributed by atoms with Gasteiger partial charge in [-0.2, -0.15) is 17.5 Å². The number of aliphatic hydroxyl groups is 1. The molecule has 0 bridgehead atoms. The minimum absolute atomic E-state index is 0.0986. The van der Waals surface area contributed by atoms with Gasteiger partial charge in [0.1, 0.15) is 0 Å². The summed E-state index contributed by atoms with van der Waals surface area (Å²) in [5, 5.41) is 8.91. The molecule has 118 valence electrons. The topological polar surface area (TPSA) is 57.6 Å². The highest BCUT2D eigenvalue weighted by Gasteiger charge is 2.33. The van der Waals surface area contributed by atoms with Gasteiger partial charge in [-0.05, 0) is 24.6 Å². The van der Waals surface area contributed by atoms with Crippen LogP contribution in [0.25, 0.3) is 0 Å². The Bertz CT molecular complexity index is 612. The standard InChI is InChI=1S/C13H16F3NO3S/c1-3-6-17(7-8-18)21(19,20)12-9-11(13(14,15)16)5-4-10(12)2/h3-5,9,18H,1,6-8H2,2H3. The first-order valence-electron chi connectivity index (χ1n) is 6.04. The van der Waals surface area contributed by atoms with Crippen LogP contribution in [0.15, 0.2) is 35.7 Å². The Kier molecular flexibility index (Phi) is 5.54. The predicted molar refractivity (Wildman–Crippen MR) is 72.2 cm³/mol. The van der Waals surface area contributed by atoms with Crippen LogP contribution in [-0.4, -0.2) is 37.5 Å². The molecule has 1 N–H and O–H groups in total. The summed E-state index contributed by atoms with van der Waals surface area (Å²) in [6.07, 6.45) is -3.33. The molecule has 0 aliphatic heterocycles. The molecule has 0 saturated heterocycles. The number of rotatable bonds is 6.